The van der Waals surface area contributed by atoms with Crippen molar-refractivity contribution in [2.24, 2.45) is 5.92 Å². The molecule has 3 heteroatoms. The molecule has 80 valence electrons. The van der Waals surface area contributed by atoms with Crippen LogP contribution < -0.4 is 10.6 Å². The third kappa shape index (κ3) is 2.57. The highest BCUT2D eigenvalue weighted by molar-refractivity contribution is 5.94. The van der Waals surface area contributed by atoms with Crippen LogP contribution in [0.4, 0.5) is 0 Å². The molecule has 0 saturated carbocycles. The van der Waals surface area contributed by atoms with Crippen LogP contribution >= 0.6 is 0 Å². The van der Waals surface area contributed by atoms with Crippen LogP contribution in [0.2, 0.25) is 0 Å². The maximum absolute atomic E-state index is 11.7. The van der Waals surface area contributed by atoms with Crippen molar-refractivity contribution in [2.45, 2.75) is 6.92 Å². The number of carbonyl (C=O) groups excluding carboxylic acids is 1. The van der Waals surface area contributed by atoms with Crippen molar-refractivity contribution in [3.63, 3.8) is 0 Å². The molecule has 0 radical (unpaired) electrons. The van der Waals surface area contributed by atoms with Gasteiger partial charge in [-0.1, -0.05) is 17.7 Å². The van der Waals surface area contributed by atoms with Crippen LogP contribution in [0.25, 0.3) is 0 Å². The standard InChI is InChI=1S/C12H16N2O/c1-9-2-4-11(5-3-9)12(15)14-8-10-6-13-7-10/h2-5,10,13H,6-8H2,1H3,(H,14,15). The van der Waals surface area contributed by atoms with Crippen LogP contribution in [0.15, 0.2) is 24.3 Å². The van der Waals surface area contributed by atoms with E-state index in [9.17, 15) is 4.79 Å². The Bertz CT molecular complexity index is 341. The Morgan fingerprint density at radius 1 is 1.40 bits per heavy atom. The Hall–Kier alpha value is -1.35. The van der Waals surface area contributed by atoms with Crippen molar-refractivity contribution >= 4 is 5.91 Å². The summed E-state index contributed by atoms with van der Waals surface area (Å²) in [5.41, 5.74) is 1.92. The number of nitrogens with one attached hydrogen (secondary N) is 2. The number of hydrogen-bond acceptors (Lipinski definition) is 2. The van der Waals surface area contributed by atoms with E-state index in [0.29, 0.717) is 5.92 Å². The summed E-state index contributed by atoms with van der Waals surface area (Å²) in [7, 11) is 0. The topological polar surface area (TPSA) is 41.1 Å². The maximum Gasteiger partial charge on any atom is 0.251 e. The highest BCUT2D eigenvalue weighted by Crippen LogP contribution is 2.04. The van der Waals surface area contributed by atoms with E-state index >= 15 is 0 Å². The molecule has 3 nitrogen and oxygen atoms in total. The smallest absolute Gasteiger partial charge is 0.251 e. The van der Waals surface area contributed by atoms with Crippen LogP contribution in [0.3, 0.4) is 0 Å². The molecule has 15 heavy (non-hydrogen) atoms. The summed E-state index contributed by atoms with van der Waals surface area (Å²) in [5, 5.41) is 6.12. The molecular formula is C12H16N2O. The zero-order valence-corrected chi connectivity index (χ0v) is 8.92. The van der Waals surface area contributed by atoms with Gasteiger partial charge in [0.25, 0.3) is 5.91 Å². The van der Waals surface area contributed by atoms with E-state index in [1.165, 1.54) is 5.56 Å². The molecule has 0 spiro atoms. The van der Waals surface area contributed by atoms with Gasteiger partial charge in [-0.15, -0.1) is 0 Å². The lowest BCUT2D eigenvalue weighted by Crippen LogP contribution is -2.48. The first kappa shape index (κ1) is 10.2. The quantitative estimate of drug-likeness (QED) is 0.769. The van der Waals surface area contributed by atoms with Gasteiger partial charge in [-0.05, 0) is 19.1 Å². The molecule has 1 aliphatic rings. The lowest BCUT2D eigenvalue weighted by atomic mass is 10.0. The van der Waals surface area contributed by atoms with Crippen molar-refractivity contribution < 1.29 is 4.79 Å². The Balaban J connectivity index is 1.86. The molecule has 1 aliphatic heterocycles. The summed E-state index contributed by atoms with van der Waals surface area (Å²) >= 11 is 0. The number of rotatable bonds is 3. The normalized spacial score (nSPS) is 15.8. The number of benzene rings is 1. The molecule has 2 N–H and O–H groups in total. The fraction of sp³-hybridized carbons (Fsp3) is 0.417. The van der Waals surface area contributed by atoms with E-state index < -0.39 is 0 Å². The van der Waals surface area contributed by atoms with Gasteiger partial charge in [0.15, 0.2) is 0 Å². The molecule has 1 aromatic rings. The zero-order chi connectivity index (χ0) is 10.7. The molecule has 0 atom stereocenters. The van der Waals surface area contributed by atoms with E-state index in [4.69, 9.17) is 0 Å². The van der Waals surface area contributed by atoms with E-state index in [2.05, 4.69) is 10.6 Å². The van der Waals surface area contributed by atoms with Gasteiger partial charge in [0.05, 0.1) is 0 Å². The minimum Gasteiger partial charge on any atom is -0.352 e. The van der Waals surface area contributed by atoms with Gasteiger partial charge >= 0.3 is 0 Å². The molecule has 1 saturated heterocycles. The van der Waals surface area contributed by atoms with Gasteiger partial charge in [0, 0.05) is 31.1 Å². The third-order valence-corrected chi connectivity index (χ3v) is 2.73. The average Bonchev–Trinajstić information content (AvgIpc) is 2.16. The fourth-order valence-electron chi connectivity index (χ4n) is 1.54. The molecule has 0 unspecified atom stereocenters. The Morgan fingerprint density at radius 2 is 2.07 bits per heavy atom. The summed E-state index contributed by atoms with van der Waals surface area (Å²) in [6, 6.07) is 7.65. The summed E-state index contributed by atoms with van der Waals surface area (Å²) < 4.78 is 0. The first-order valence-electron chi connectivity index (χ1n) is 5.31. The molecule has 0 aliphatic carbocycles. The third-order valence-electron chi connectivity index (χ3n) is 2.73. The minimum atomic E-state index is 0.0295. The predicted octanol–water partition coefficient (Wildman–Crippen LogP) is 0.944. The van der Waals surface area contributed by atoms with Gasteiger partial charge in [0.2, 0.25) is 0 Å². The monoisotopic (exact) mass is 204 g/mol. The van der Waals surface area contributed by atoms with Crippen LogP contribution in [0.1, 0.15) is 15.9 Å². The van der Waals surface area contributed by atoms with E-state index in [1.807, 2.05) is 31.2 Å². The van der Waals surface area contributed by atoms with E-state index in [1.54, 1.807) is 0 Å². The van der Waals surface area contributed by atoms with Gasteiger partial charge < -0.3 is 10.6 Å². The molecule has 1 amide bonds. The van der Waals surface area contributed by atoms with Crippen LogP contribution in [0, 0.1) is 12.8 Å². The van der Waals surface area contributed by atoms with Gasteiger partial charge in [-0.2, -0.15) is 0 Å². The van der Waals surface area contributed by atoms with Gasteiger partial charge in [-0.25, -0.2) is 0 Å². The Labute approximate surface area is 89.9 Å². The van der Waals surface area contributed by atoms with Crippen molar-refractivity contribution in [3.05, 3.63) is 35.4 Å². The first-order valence-corrected chi connectivity index (χ1v) is 5.31. The highest BCUT2D eigenvalue weighted by Gasteiger charge is 2.17. The van der Waals surface area contributed by atoms with Crippen molar-refractivity contribution in [1.82, 2.24) is 10.6 Å². The minimum absolute atomic E-state index is 0.0295. The second kappa shape index (κ2) is 4.45. The second-order valence-corrected chi connectivity index (χ2v) is 4.10. The molecule has 1 heterocycles. The molecule has 1 aromatic carbocycles. The summed E-state index contributed by atoms with van der Waals surface area (Å²) in [6.07, 6.45) is 0. The van der Waals surface area contributed by atoms with Crippen LogP contribution in [-0.2, 0) is 0 Å². The number of aryl methyl sites for hydroxylation is 1. The lowest BCUT2D eigenvalue weighted by molar-refractivity contribution is 0.0942. The lowest BCUT2D eigenvalue weighted by Gasteiger charge is -2.27. The summed E-state index contributed by atoms with van der Waals surface area (Å²) in [4.78, 5) is 11.7. The zero-order valence-electron chi connectivity index (χ0n) is 8.92. The molecule has 1 fully saturated rings. The Kier molecular flexibility index (Phi) is 3.02. The molecular weight excluding hydrogens is 188 g/mol. The molecule has 2 rings (SSSR count). The van der Waals surface area contributed by atoms with Crippen molar-refractivity contribution in [1.29, 1.82) is 0 Å². The fourth-order valence-corrected chi connectivity index (χ4v) is 1.54. The van der Waals surface area contributed by atoms with E-state index in [-0.39, 0.29) is 5.91 Å². The SMILES string of the molecule is Cc1ccc(C(=O)NCC2CNC2)cc1. The van der Waals surface area contributed by atoms with Crippen molar-refractivity contribution in [3.8, 4) is 0 Å². The van der Waals surface area contributed by atoms with Gasteiger partial charge in [0.1, 0.15) is 0 Å². The predicted molar refractivity (Wildman–Crippen MR) is 59.9 cm³/mol. The van der Waals surface area contributed by atoms with E-state index in [0.717, 1.165) is 25.2 Å². The number of hydrogen-bond donors (Lipinski definition) is 2. The molecule has 0 bridgehead atoms. The van der Waals surface area contributed by atoms with Crippen LogP contribution in [0.5, 0.6) is 0 Å². The number of carbonyl (C=O) groups is 1. The van der Waals surface area contributed by atoms with Crippen LogP contribution in [-0.4, -0.2) is 25.5 Å². The summed E-state index contributed by atoms with van der Waals surface area (Å²) in [6.45, 7) is 4.84. The number of amides is 1. The van der Waals surface area contributed by atoms with Crippen molar-refractivity contribution in [2.75, 3.05) is 19.6 Å². The second-order valence-electron chi connectivity index (χ2n) is 4.10. The van der Waals surface area contributed by atoms with Gasteiger partial charge in [-0.3, -0.25) is 4.79 Å². The maximum atomic E-state index is 11.7. The summed E-state index contributed by atoms with van der Waals surface area (Å²) in [5.74, 6) is 0.640. The highest BCUT2D eigenvalue weighted by atomic mass is 16.1. The largest absolute Gasteiger partial charge is 0.352 e. The average molecular weight is 204 g/mol. The molecule has 0 aromatic heterocycles. The first-order chi connectivity index (χ1) is 7.25. The Morgan fingerprint density at radius 3 is 2.60 bits per heavy atom.